The molecule has 18 heavy (non-hydrogen) atoms. The van der Waals surface area contributed by atoms with Gasteiger partial charge in [0, 0.05) is 36.5 Å². The third-order valence-corrected chi connectivity index (χ3v) is 2.27. The number of nitrogens with one attached hydrogen (secondary N) is 1. The van der Waals surface area contributed by atoms with E-state index in [1.807, 2.05) is 6.07 Å². The number of aromatic nitrogens is 1. The van der Waals surface area contributed by atoms with Crippen molar-refractivity contribution in [3.63, 3.8) is 0 Å². The Morgan fingerprint density at radius 3 is 2.61 bits per heavy atom. The van der Waals surface area contributed by atoms with E-state index in [9.17, 15) is 8.78 Å². The van der Waals surface area contributed by atoms with Gasteiger partial charge in [0.05, 0.1) is 0 Å². The van der Waals surface area contributed by atoms with Crippen LogP contribution in [0, 0.1) is 11.6 Å². The lowest BCUT2D eigenvalue weighted by Crippen LogP contribution is -2.07. The molecule has 0 fully saturated rings. The first kappa shape index (κ1) is 12.4. The van der Waals surface area contributed by atoms with E-state index in [0.29, 0.717) is 12.4 Å². The molecule has 1 aromatic heterocycles. The number of benzene rings is 1. The second-order valence-corrected chi connectivity index (χ2v) is 3.71. The largest absolute Gasteiger partial charge is 0.438 e. The highest BCUT2D eigenvalue weighted by Crippen LogP contribution is 2.24. The maximum atomic E-state index is 13.0. The summed E-state index contributed by atoms with van der Waals surface area (Å²) in [5, 5.41) is 2.96. The van der Waals surface area contributed by atoms with Crippen LogP contribution in [0.1, 0.15) is 5.56 Å². The van der Waals surface area contributed by atoms with Crippen LogP contribution in [0.3, 0.4) is 0 Å². The summed E-state index contributed by atoms with van der Waals surface area (Å²) in [5.74, 6) is -0.951. The topological polar surface area (TPSA) is 34.2 Å². The van der Waals surface area contributed by atoms with Gasteiger partial charge in [-0.15, -0.1) is 0 Å². The molecule has 0 bridgehead atoms. The maximum Gasteiger partial charge on any atom is 0.223 e. The van der Waals surface area contributed by atoms with Crippen LogP contribution >= 0.6 is 0 Å². The molecule has 2 rings (SSSR count). The summed E-state index contributed by atoms with van der Waals surface area (Å²) in [7, 11) is 1.79. The van der Waals surface area contributed by atoms with Crippen molar-refractivity contribution in [3.8, 4) is 11.6 Å². The zero-order valence-electron chi connectivity index (χ0n) is 9.78. The van der Waals surface area contributed by atoms with Gasteiger partial charge in [-0.25, -0.2) is 13.8 Å². The number of ether oxygens (including phenoxy) is 1. The molecule has 0 radical (unpaired) electrons. The van der Waals surface area contributed by atoms with Crippen LogP contribution in [0.4, 0.5) is 8.78 Å². The fourth-order valence-corrected chi connectivity index (χ4v) is 1.54. The molecule has 3 nitrogen and oxygen atoms in total. The van der Waals surface area contributed by atoms with Crippen molar-refractivity contribution in [2.45, 2.75) is 6.54 Å². The molecule has 0 spiro atoms. The van der Waals surface area contributed by atoms with Crippen molar-refractivity contribution >= 4 is 0 Å². The van der Waals surface area contributed by atoms with Crippen LogP contribution < -0.4 is 10.1 Å². The van der Waals surface area contributed by atoms with Gasteiger partial charge < -0.3 is 10.1 Å². The first-order chi connectivity index (χ1) is 8.69. The highest BCUT2D eigenvalue weighted by atomic mass is 19.1. The minimum Gasteiger partial charge on any atom is -0.438 e. The van der Waals surface area contributed by atoms with Gasteiger partial charge in [-0.2, -0.15) is 0 Å². The first-order valence-corrected chi connectivity index (χ1v) is 5.41. The van der Waals surface area contributed by atoms with Crippen LogP contribution in [0.5, 0.6) is 11.6 Å². The van der Waals surface area contributed by atoms with Crippen molar-refractivity contribution in [2.75, 3.05) is 7.05 Å². The zero-order valence-corrected chi connectivity index (χ0v) is 9.78. The molecule has 0 saturated carbocycles. The first-order valence-electron chi connectivity index (χ1n) is 5.41. The average Bonchev–Trinajstić information content (AvgIpc) is 2.30. The van der Waals surface area contributed by atoms with E-state index in [2.05, 4.69) is 10.3 Å². The second-order valence-electron chi connectivity index (χ2n) is 3.71. The lowest BCUT2D eigenvalue weighted by atomic mass is 10.2. The van der Waals surface area contributed by atoms with Crippen molar-refractivity contribution in [1.29, 1.82) is 0 Å². The molecule has 0 aliphatic carbocycles. The number of rotatable bonds is 4. The van der Waals surface area contributed by atoms with E-state index in [1.54, 1.807) is 19.3 Å². The Morgan fingerprint density at radius 2 is 1.94 bits per heavy atom. The highest BCUT2D eigenvalue weighted by Gasteiger charge is 2.07. The molecule has 0 aliphatic heterocycles. The monoisotopic (exact) mass is 250 g/mol. The third kappa shape index (κ3) is 3.01. The van der Waals surface area contributed by atoms with Gasteiger partial charge in [-0.3, -0.25) is 0 Å². The Hall–Kier alpha value is -2.01. The van der Waals surface area contributed by atoms with Gasteiger partial charge in [0.25, 0.3) is 0 Å². The Balaban J connectivity index is 2.27. The molecule has 0 aliphatic rings. The van der Waals surface area contributed by atoms with E-state index in [4.69, 9.17) is 4.74 Å². The van der Waals surface area contributed by atoms with Gasteiger partial charge >= 0.3 is 0 Å². The Bertz CT molecular complexity index is 526. The summed E-state index contributed by atoms with van der Waals surface area (Å²) in [6.45, 7) is 0.557. The number of hydrogen-bond donors (Lipinski definition) is 1. The Labute approximate surface area is 103 Å². The predicted octanol–water partition coefficient (Wildman–Crippen LogP) is 2.87. The number of hydrogen-bond acceptors (Lipinski definition) is 3. The molecule has 2 aromatic rings. The fourth-order valence-electron chi connectivity index (χ4n) is 1.54. The molecule has 1 N–H and O–H groups in total. The molecule has 1 heterocycles. The lowest BCUT2D eigenvalue weighted by molar-refractivity contribution is 0.444. The van der Waals surface area contributed by atoms with Crippen molar-refractivity contribution in [1.82, 2.24) is 10.3 Å². The molecular formula is C13H12F2N2O. The summed E-state index contributed by atoms with van der Waals surface area (Å²) >= 11 is 0. The normalized spacial score (nSPS) is 10.4. The maximum absolute atomic E-state index is 13.0. The van der Waals surface area contributed by atoms with Gasteiger partial charge in [-0.05, 0) is 13.1 Å². The molecule has 0 saturated heterocycles. The molecular weight excluding hydrogens is 238 g/mol. The van der Waals surface area contributed by atoms with E-state index in [-0.39, 0.29) is 5.75 Å². The fraction of sp³-hybridized carbons (Fsp3) is 0.154. The van der Waals surface area contributed by atoms with Gasteiger partial charge in [0.1, 0.15) is 17.4 Å². The quantitative estimate of drug-likeness (QED) is 0.906. The van der Waals surface area contributed by atoms with Crippen LogP contribution in [0.25, 0.3) is 0 Å². The molecule has 0 amide bonds. The number of pyridine rings is 1. The summed E-state index contributed by atoms with van der Waals surface area (Å²) < 4.78 is 31.4. The van der Waals surface area contributed by atoms with Crippen LogP contribution in [-0.2, 0) is 6.54 Å². The standard InChI is InChI=1S/C13H12F2N2O/c1-16-8-9-3-2-4-17-13(9)18-12-6-10(14)5-11(15)7-12/h2-7,16H,8H2,1H3. The van der Waals surface area contributed by atoms with E-state index >= 15 is 0 Å². The van der Waals surface area contributed by atoms with Crippen LogP contribution in [0.2, 0.25) is 0 Å². The van der Waals surface area contributed by atoms with Crippen molar-refractivity contribution in [3.05, 3.63) is 53.7 Å². The SMILES string of the molecule is CNCc1cccnc1Oc1cc(F)cc(F)c1. The lowest BCUT2D eigenvalue weighted by Gasteiger charge is -2.09. The van der Waals surface area contributed by atoms with Gasteiger partial charge in [-0.1, -0.05) is 6.07 Å². The molecule has 94 valence electrons. The van der Waals surface area contributed by atoms with Crippen LogP contribution in [-0.4, -0.2) is 12.0 Å². The van der Waals surface area contributed by atoms with Gasteiger partial charge in [0.15, 0.2) is 0 Å². The van der Waals surface area contributed by atoms with E-state index in [0.717, 1.165) is 23.8 Å². The number of nitrogens with zero attached hydrogens (tertiary/aromatic N) is 1. The Morgan fingerprint density at radius 1 is 1.22 bits per heavy atom. The molecule has 1 aromatic carbocycles. The molecule has 0 atom stereocenters. The smallest absolute Gasteiger partial charge is 0.223 e. The minimum absolute atomic E-state index is 0.0866. The minimum atomic E-state index is -0.684. The Kier molecular flexibility index (Phi) is 3.84. The second kappa shape index (κ2) is 5.55. The van der Waals surface area contributed by atoms with Crippen molar-refractivity contribution < 1.29 is 13.5 Å². The van der Waals surface area contributed by atoms with E-state index in [1.165, 1.54) is 0 Å². The summed E-state index contributed by atoms with van der Waals surface area (Å²) in [6.07, 6.45) is 1.56. The summed E-state index contributed by atoms with van der Waals surface area (Å²) in [4.78, 5) is 4.04. The predicted molar refractivity (Wildman–Crippen MR) is 63.4 cm³/mol. The average molecular weight is 250 g/mol. The van der Waals surface area contributed by atoms with Crippen molar-refractivity contribution in [2.24, 2.45) is 0 Å². The molecule has 5 heteroatoms. The number of halogens is 2. The van der Waals surface area contributed by atoms with E-state index < -0.39 is 11.6 Å². The summed E-state index contributed by atoms with van der Waals surface area (Å²) in [5.41, 5.74) is 0.810. The van der Waals surface area contributed by atoms with Crippen LogP contribution in [0.15, 0.2) is 36.5 Å². The molecule has 0 unspecified atom stereocenters. The third-order valence-electron chi connectivity index (χ3n) is 2.27. The zero-order chi connectivity index (χ0) is 13.0. The summed E-state index contributed by atoms with van der Waals surface area (Å²) in [6, 6.07) is 6.61. The van der Waals surface area contributed by atoms with Gasteiger partial charge in [0.2, 0.25) is 5.88 Å². The highest BCUT2D eigenvalue weighted by molar-refractivity contribution is 5.32.